The van der Waals surface area contributed by atoms with Crippen molar-refractivity contribution >= 4 is 0 Å². The van der Waals surface area contributed by atoms with Crippen LogP contribution in [0.4, 0.5) is 17.6 Å². The maximum Gasteiger partial charge on any atom is 0.477 e. The van der Waals surface area contributed by atoms with Crippen LogP contribution in [0.25, 0.3) is 0 Å². The zero-order valence-electron chi connectivity index (χ0n) is 4.37. The maximum atomic E-state index is 11.5. The van der Waals surface area contributed by atoms with Gasteiger partial charge in [0.1, 0.15) is 0 Å². The highest BCUT2D eigenvalue weighted by molar-refractivity contribution is 4.61. The first-order valence-electron chi connectivity index (χ1n) is 1.84. The van der Waals surface area contributed by atoms with Crippen LogP contribution < -0.4 is 0 Å². The van der Waals surface area contributed by atoms with Gasteiger partial charge in [0.05, 0.1) is 0 Å². The van der Waals surface area contributed by atoms with Crippen LogP contribution in [0.2, 0.25) is 0 Å². The molecule has 56 valence electrons. The van der Waals surface area contributed by atoms with Crippen molar-refractivity contribution in [1.29, 1.82) is 0 Å². The summed E-state index contributed by atoms with van der Waals surface area (Å²) >= 11 is 0. The van der Waals surface area contributed by atoms with Gasteiger partial charge in [-0.3, -0.25) is 0 Å². The van der Waals surface area contributed by atoms with Crippen molar-refractivity contribution in [3.63, 3.8) is 0 Å². The smallest absolute Gasteiger partial charge is 0.333 e. The molecule has 0 saturated carbocycles. The summed E-state index contributed by atoms with van der Waals surface area (Å²) in [4.78, 5) is 0. The minimum Gasteiger partial charge on any atom is -0.333 e. The van der Waals surface area contributed by atoms with Gasteiger partial charge in [0, 0.05) is 7.11 Å². The highest BCUT2D eigenvalue weighted by atomic mass is 19.4. The molecule has 0 rings (SSSR count). The Morgan fingerprint density at radius 2 is 1.56 bits per heavy atom. The molecule has 0 saturated heterocycles. The number of aliphatic hydroxyl groups is 1. The largest absolute Gasteiger partial charge is 0.477 e. The Morgan fingerprint density at radius 3 is 1.56 bits per heavy atom. The molecule has 0 aliphatic carbocycles. The van der Waals surface area contributed by atoms with Crippen molar-refractivity contribution in [2.75, 3.05) is 7.11 Å². The van der Waals surface area contributed by atoms with Crippen molar-refractivity contribution in [2.24, 2.45) is 0 Å². The van der Waals surface area contributed by atoms with E-state index in [4.69, 9.17) is 5.11 Å². The fourth-order valence-electron chi connectivity index (χ4n) is 0.116. The van der Waals surface area contributed by atoms with Crippen LogP contribution in [-0.2, 0) is 4.74 Å². The fraction of sp³-hybridized carbons (Fsp3) is 1.00. The van der Waals surface area contributed by atoms with Crippen LogP contribution >= 0.6 is 0 Å². The molecule has 6 heteroatoms. The molecule has 0 aliphatic rings. The molecular weight excluding hydrogens is 144 g/mol. The average molecular weight is 148 g/mol. The number of alkyl halides is 4. The van der Waals surface area contributed by atoms with E-state index in [1.807, 2.05) is 0 Å². The third-order valence-electron chi connectivity index (χ3n) is 0.620. The summed E-state index contributed by atoms with van der Waals surface area (Å²) in [6, 6.07) is -4.52. The Morgan fingerprint density at radius 1 is 1.22 bits per heavy atom. The monoisotopic (exact) mass is 148 g/mol. The van der Waals surface area contributed by atoms with E-state index in [1.54, 1.807) is 0 Å². The molecule has 0 radical (unpaired) electrons. The summed E-state index contributed by atoms with van der Waals surface area (Å²) in [5.74, 6) is 0. The summed E-state index contributed by atoms with van der Waals surface area (Å²) in [6.45, 7) is 0. The molecule has 0 aromatic carbocycles. The third kappa shape index (κ3) is 1.79. The number of ether oxygens (including phenoxy) is 1. The van der Waals surface area contributed by atoms with Crippen molar-refractivity contribution in [3.8, 4) is 0 Å². The number of halogens is 4. The molecule has 0 spiro atoms. The Hall–Kier alpha value is -0.360. The van der Waals surface area contributed by atoms with Crippen LogP contribution in [-0.4, -0.2) is 24.4 Å². The Balaban J connectivity index is 4.14. The van der Waals surface area contributed by atoms with Crippen molar-refractivity contribution in [3.05, 3.63) is 0 Å². The lowest BCUT2D eigenvalue weighted by Gasteiger charge is -2.18. The van der Waals surface area contributed by atoms with Gasteiger partial charge in [-0.15, -0.1) is 0 Å². The highest BCUT2D eigenvalue weighted by Crippen LogP contribution is 2.31. The number of hydrogen-bond donors (Lipinski definition) is 1. The van der Waals surface area contributed by atoms with Crippen molar-refractivity contribution in [2.45, 2.75) is 12.2 Å². The molecular formula is C3H4F4O2. The molecule has 0 fully saturated rings. The summed E-state index contributed by atoms with van der Waals surface area (Å²) in [5.41, 5.74) is 0. The van der Waals surface area contributed by atoms with Gasteiger partial charge in [-0.1, -0.05) is 0 Å². The topological polar surface area (TPSA) is 29.5 Å². The molecule has 0 heterocycles. The van der Waals surface area contributed by atoms with Gasteiger partial charge >= 0.3 is 12.2 Å². The zero-order valence-corrected chi connectivity index (χ0v) is 4.37. The minimum absolute atomic E-state index is 0.410. The van der Waals surface area contributed by atoms with Gasteiger partial charge in [-0.05, 0) is 0 Å². The fourth-order valence-corrected chi connectivity index (χ4v) is 0.116. The predicted molar refractivity (Wildman–Crippen MR) is 19.1 cm³/mol. The van der Waals surface area contributed by atoms with E-state index < -0.39 is 12.2 Å². The molecule has 1 N–H and O–H groups in total. The van der Waals surface area contributed by atoms with Crippen LogP contribution in [0, 0.1) is 0 Å². The Kier molecular flexibility index (Phi) is 2.02. The minimum atomic E-state index is -5.39. The van der Waals surface area contributed by atoms with E-state index in [0.29, 0.717) is 7.11 Å². The maximum absolute atomic E-state index is 11.5. The third-order valence-corrected chi connectivity index (χ3v) is 0.620. The standard InChI is InChI=1S/C3H4F4O2/c1-9-3(7,8)2(4,5)6/h8H,1H3. The first-order valence-corrected chi connectivity index (χ1v) is 1.84. The molecule has 0 amide bonds. The lowest BCUT2D eigenvalue weighted by molar-refractivity contribution is -0.417. The number of rotatable bonds is 1. The summed E-state index contributed by atoms with van der Waals surface area (Å²) in [5, 5.41) is 7.65. The van der Waals surface area contributed by atoms with Crippen LogP contribution in [0.3, 0.4) is 0 Å². The highest BCUT2D eigenvalue weighted by Gasteiger charge is 2.56. The molecule has 1 unspecified atom stereocenters. The van der Waals surface area contributed by atoms with Crippen LogP contribution in [0.15, 0.2) is 0 Å². The predicted octanol–water partition coefficient (Wildman–Crippen LogP) is 0.811. The van der Waals surface area contributed by atoms with Crippen LogP contribution in [0.1, 0.15) is 0 Å². The molecule has 2 nitrogen and oxygen atoms in total. The van der Waals surface area contributed by atoms with Gasteiger partial charge < -0.3 is 9.84 Å². The van der Waals surface area contributed by atoms with Gasteiger partial charge in [0.15, 0.2) is 0 Å². The van der Waals surface area contributed by atoms with E-state index in [1.165, 1.54) is 0 Å². The van der Waals surface area contributed by atoms with E-state index in [9.17, 15) is 17.6 Å². The summed E-state index contributed by atoms with van der Waals surface area (Å²) in [6.07, 6.45) is -5.39. The lowest BCUT2D eigenvalue weighted by atomic mass is 10.6. The Labute approximate surface area is 48.0 Å². The van der Waals surface area contributed by atoms with E-state index in [0.717, 1.165) is 0 Å². The second-order valence-corrected chi connectivity index (χ2v) is 1.26. The SMILES string of the molecule is COC(O)(F)C(F)(F)F. The molecule has 9 heavy (non-hydrogen) atoms. The summed E-state index contributed by atoms with van der Waals surface area (Å²) in [7, 11) is 0.410. The lowest BCUT2D eigenvalue weighted by Crippen LogP contribution is -2.42. The van der Waals surface area contributed by atoms with E-state index >= 15 is 0 Å². The molecule has 1 atom stereocenters. The first-order chi connectivity index (χ1) is 3.81. The number of methoxy groups -OCH3 is 1. The van der Waals surface area contributed by atoms with E-state index in [-0.39, 0.29) is 0 Å². The van der Waals surface area contributed by atoms with E-state index in [2.05, 4.69) is 4.74 Å². The Bertz CT molecular complexity index is 96.5. The first kappa shape index (κ1) is 8.64. The average Bonchev–Trinajstić information content (AvgIpc) is 1.64. The van der Waals surface area contributed by atoms with Crippen LogP contribution in [0.5, 0.6) is 0 Å². The normalized spacial score (nSPS) is 19.3. The van der Waals surface area contributed by atoms with Gasteiger partial charge in [0.25, 0.3) is 0 Å². The van der Waals surface area contributed by atoms with Crippen molar-refractivity contribution < 1.29 is 27.4 Å². The van der Waals surface area contributed by atoms with Crippen molar-refractivity contribution in [1.82, 2.24) is 0 Å². The zero-order chi connectivity index (χ0) is 7.71. The molecule has 0 bridgehead atoms. The number of hydrogen-bond acceptors (Lipinski definition) is 2. The second kappa shape index (κ2) is 2.11. The molecule has 0 aromatic rings. The molecule has 0 aliphatic heterocycles. The van der Waals surface area contributed by atoms with Gasteiger partial charge in [-0.25, -0.2) is 0 Å². The quantitative estimate of drug-likeness (QED) is 0.440. The summed E-state index contributed by atoms with van der Waals surface area (Å²) < 4.78 is 47.9. The second-order valence-electron chi connectivity index (χ2n) is 1.26. The molecule has 0 aromatic heterocycles. The van der Waals surface area contributed by atoms with Gasteiger partial charge in [-0.2, -0.15) is 17.6 Å². The van der Waals surface area contributed by atoms with Gasteiger partial charge in [0.2, 0.25) is 0 Å².